The van der Waals surface area contributed by atoms with Crippen LogP contribution in [0.1, 0.15) is 37.5 Å². The minimum absolute atomic E-state index is 0.387. The molecule has 0 atom stereocenters. The summed E-state index contributed by atoms with van der Waals surface area (Å²) in [5.41, 5.74) is 0. The standard InChI is InChI=1S/C15H18ClN3S/c1-2-11-7-12-13(17-15(16)18-14(12)20-11)19(10-5-6-10)8-9-3-4-9/h7,9-10H,2-6,8H2,1H3. The molecule has 0 spiro atoms. The van der Waals surface area contributed by atoms with E-state index >= 15 is 0 Å². The maximum Gasteiger partial charge on any atom is 0.225 e. The van der Waals surface area contributed by atoms with Crippen molar-refractivity contribution in [3.63, 3.8) is 0 Å². The highest BCUT2D eigenvalue weighted by Gasteiger charge is 2.35. The van der Waals surface area contributed by atoms with Gasteiger partial charge in [-0.15, -0.1) is 11.3 Å². The van der Waals surface area contributed by atoms with Crippen molar-refractivity contribution in [1.82, 2.24) is 9.97 Å². The second-order valence-corrected chi connectivity index (χ2v) is 7.38. The molecule has 106 valence electrons. The van der Waals surface area contributed by atoms with Gasteiger partial charge in [-0.05, 0) is 55.7 Å². The lowest BCUT2D eigenvalue weighted by molar-refractivity contribution is 0.711. The van der Waals surface area contributed by atoms with Gasteiger partial charge in [0.2, 0.25) is 5.28 Å². The summed E-state index contributed by atoms with van der Waals surface area (Å²) in [5.74, 6) is 1.94. The Morgan fingerprint density at radius 3 is 2.75 bits per heavy atom. The highest BCUT2D eigenvalue weighted by molar-refractivity contribution is 7.18. The second kappa shape index (κ2) is 4.85. The number of rotatable bonds is 5. The van der Waals surface area contributed by atoms with Gasteiger partial charge in [0, 0.05) is 17.5 Å². The number of hydrogen-bond donors (Lipinski definition) is 0. The van der Waals surface area contributed by atoms with Gasteiger partial charge in [0.1, 0.15) is 10.6 Å². The summed E-state index contributed by atoms with van der Waals surface area (Å²) in [7, 11) is 0. The zero-order valence-electron chi connectivity index (χ0n) is 11.6. The predicted molar refractivity (Wildman–Crippen MR) is 84.9 cm³/mol. The largest absolute Gasteiger partial charge is 0.353 e. The Kier molecular flexibility index (Phi) is 3.11. The Labute approximate surface area is 128 Å². The molecule has 5 heteroatoms. The molecule has 0 radical (unpaired) electrons. The van der Waals surface area contributed by atoms with Crippen molar-refractivity contribution in [3.05, 3.63) is 16.2 Å². The minimum atomic E-state index is 0.387. The molecule has 2 heterocycles. The lowest BCUT2D eigenvalue weighted by atomic mass is 10.2. The van der Waals surface area contributed by atoms with Gasteiger partial charge < -0.3 is 4.90 Å². The van der Waals surface area contributed by atoms with E-state index in [9.17, 15) is 0 Å². The molecule has 2 aliphatic carbocycles. The molecule has 2 aliphatic rings. The van der Waals surface area contributed by atoms with Crippen LogP contribution in [0.4, 0.5) is 5.82 Å². The number of nitrogens with zero attached hydrogens (tertiary/aromatic N) is 3. The van der Waals surface area contributed by atoms with Crippen LogP contribution in [-0.2, 0) is 6.42 Å². The molecule has 2 saturated carbocycles. The third kappa shape index (κ3) is 2.40. The lowest BCUT2D eigenvalue weighted by Gasteiger charge is -2.24. The minimum Gasteiger partial charge on any atom is -0.353 e. The molecular weight excluding hydrogens is 290 g/mol. The first-order valence-corrected chi connectivity index (χ1v) is 8.66. The Morgan fingerprint density at radius 1 is 1.30 bits per heavy atom. The Morgan fingerprint density at radius 2 is 2.10 bits per heavy atom. The van der Waals surface area contributed by atoms with E-state index in [1.807, 2.05) is 0 Å². The highest BCUT2D eigenvalue weighted by atomic mass is 35.5. The lowest BCUT2D eigenvalue weighted by Crippen LogP contribution is -2.29. The molecule has 0 bridgehead atoms. The number of aromatic nitrogens is 2. The molecule has 0 aromatic carbocycles. The van der Waals surface area contributed by atoms with Gasteiger partial charge in [0.05, 0.1) is 5.39 Å². The molecule has 0 aliphatic heterocycles. The second-order valence-electron chi connectivity index (χ2n) is 5.93. The van der Waals surface area contributed by atoms with E-state index in [2.05, 4.69) is 27.9 Å². The summed E-state index contributed by atoms with van der Waals surface area (Å²) in [5, 5.41) is 1.59. The average Bonchev–Trinajstić information content (AvgIpc) is 3.32. The molecule has 0 saturated heterocycles. The van der Waals surface area contributed by atoms with Crippen LogP contribution in [0.2, 0.25) is 5.28 Å². The van der Waals surface area contributed by atoms with Crippen molar-refractivity contribution in [3.8, 4) is 0 Å². The van der Waals surface area contributed by atoms with Gasteiger partial charge >= 0.3 is 0 Å². The fraction of sp³-hybridized carbons (Fsp3) is 0.600. The fourth-order valence-electron chi connectivity index (χ4n) is 2.70. The Bertz CT molecular complexity index is 646. The van der Waals surface area contributed by atoms with Crippen molar-refractivity contribution in [1.29, 1.82) is 0 Å². The number of anilines is 1. The van der Waals surface area contributed by atoms with Gasteiger partial charge in [0.15, 0.2) is 0 Å². The predicted octanol–water partition coefficient (Wildman–Crippen LogP) is 4.29. The van der Waals surface area contributed by atoms with Crippen LogP contribution in [0.15, 0.2) is 6.07 Å². The third-order valence-electron chi connectivity index (χ3n) is 4.16. The molecule has 0 N–H and O–H groups in total. The van der Waals surface area contributed by atoms with E-state index in [0.717, 1.165) is 29.5 Å². The summed E-state index contributed by atoms with van der Waals surface area (Å²) >= 11 is 7.90. The van der Waals surface area contributed by atoms with Crippen LogP contribution in [0.25, 0.3) is 10.2 Å². The number of aryl methyl sites for hydroxylation is 1. The van der Waals surface area contributed by atoms with Crippen LogP contribution in [0.5, 0.6) is 0 Å². The summed E-state index contributed by atoms with van der Waals surface area (Å²) in [6.07, 6.45) is 6.37. The summed E-state index contributed by atoms with van der Waals surface area (Å²) in [4.78, 5) is 13.9. The summed E-state index contributed by atoms with van der Waals surface area (Å²) in [6.45, 7) is 3.33. The Balaban J connectivity index is 1.80. The molecule has 20 heavy (non-hydrogen) atoms. The molecule has 3 nitrogen and oxygen atoms in total. The van der Waals surface area contributed by atoms with Crippen LogP contribution >= 0.6 is 22.9 Å². The van der Waals surface area contributed by atoms with E-state index < -0.39 is 0 Å². The fourth-order valence-corrected chi connectivity index (χ4v) is 3.87. The molecule has 2 aromatic rings. The zero-order valence-corrected chi connectivity index (χ0v) is 13.2. The van der Waals surface area contributed by atoms with E-state index in [1.165, 1.54) is 35.9 Å². The smallest absolute Gasteiger partial charge is 0.225 e. The Hall–Kier alpha value is -0.870. The first-order valence-electron chi connectivity index (χ1n) is 7.47. The van der Waals surface area contributed by atoms with Gasteiger partial charge in [-0.2, -0.15) is 4.98 Å². The maximum atomic E-state index is 6.16. The van der Waals surface area contributed by atoms with Gasteiger partial charge in [-0.1, -0.05) is 6.92 Å². The summed E-state index contributed by atoms with van der Waals surface area (Å²) < 4.78 is 0. The van der Waals surface area contributed by atoms with Crippen molar-refractivity contribution in [2.75, 3.05) is 11.4 Å². The van der Waals surface area contributed by atoms with Crippen molar-refractivity contribution < 1.29 is 0 Å². The number of halogens is 1. The maximum absolute atomic E-state index is 6.16. The molecule has 0 amide bonds. The van der Waals surface area contributed by atoms with E-state index in [1.54, 1.807) is 11.3 Å². The number of thiophene rings is 1. The quantitative estimate of drug-likeness (QED) is 0.772. The molecule has 2 aromatic heterocycles. The van der Waals surface area contributed by atoms with Crippen LogP contribution in [-0.4, -0.2) is 22.6 Å². The normalized spacial score (nSPS) is 18.7. The zero-order chi connectivity index (χ0) is 13.7. The monoisotopic (exact) mass is 307 g/mol. The van der Waals surface area contributed by atoms with Crippen molar-refractivity contribution in [2.24, 2.45) is 5.92 Å². The third-order valence-corrected chi connectivity index (χ3v) is 5.50. The van der Waals surface area contributed by atoms with Gasteiger partial charge in [0.25, 0.3) is 0 Å². The highest BCUT2D eigenvalue weighted by Crippen LogP contribution is 2.40. The van der Waals surface area contributed by atoms with E-state index in [4.69, 9.17) is 11.6 Å². The van der Waals surface area contributed by atoms with Crippen molar-refractivity contribution >= 4 is 39.0 Å². The topological polar surface area (TPSA) is 29.0 Å². The first kappa shape index (κ1) is 12.8. The molecular formula is C15H18ClN3S. The molecule has 0 unspecified atom stereocenters. The van der Waals surface area contributed by atoms with E-state index in [-0.39, 0.29) is 0 Å². The first-order chi connectivity index (χ1) is 9.74. The molecule has 4 rings (SSSR count). The SMILES string of the molecule is CCc1cc2c(N(CC3CC3)C3CC3)nc(Cl)nc2s1. The van der Waals surface area contributed by atoms with Crippen LogP contribution in [0.3, 0.4) is 0 Å². The van der Waals surface area contributed by atoms with Crippen LogP contribution < -0.4 is 4.90 Å². The van der Waals surface area contributed by atoms with Gasteiger partial charge in [-0.3, -0.25) is 0 Å². The van der Waals surface area contributed by atoms with Crippen LogP contribution in [0, 0.1) is 5.92 Å². The molecule has 2 fully saturated rings. The van der Waals surface area contributed by atoms with Crippen molar-refractivity contribution in [2.45, 2.75) is 45.1 Å². The number of hydrogen-bond acceptors (Lipinski definition) is 4. The van der Waals surface area contributed by atoms with Gasteiger partial charge in [-0.25, -0.2) is 4.98 Å². The summed E-state index contributed by atoms with van der Waals surface area (Å²) in [6, 6.07) is 2.93. The number of fused-ring (bicyclic) bond motifs is 1. The van der Waals surface area contributed by atoms with E-state index in [0.29, 0.717) is 11.3 Å². The average molecular weight is 308 g/mol.